The summed E-state index contributed by atoms with van der Waals surface area (Å²) in [5.41, 5.74) is 5.30. The van der Waals surface area contributed by atoms with Gasteiger partial charge in [0.2, 0.25) is 0 Å². The first-order valence-corrected chi connectivity index (χ1v) is 10.1. The molecule has 2 aromatic carbocycles. The number of nitrogens with zero attached hydrogens (tertiary/aromatic N) is 2. The molecule has 0 radical (unpaired) electrons. The Labute approximate surface area is 179 Å². The van der Waals surface area contributed by atoms with Crippen molar-refractivity contribution in [2.24, 2.45) is 0 Å². The molecule has 0 atom stereocenters. The van der Waals surface area contributed by atoms with Gasteiger partial charge in [0.1, 0.15) is 0 Å². The number of benzene rings is 2. The molecule has 150 valence electrons. The Morgan fingerprint density at radius 2 is 1.57 bits per heavy atom. The minimum absolute atomic E-state index is 0.0330. The highest BCUT2D eigenvalue weighted by atomic mass is 35.5. The number of hydrogen-bond acceptors (Lipinski definition) is 5. The van der Waals surface area contributed by atoms with E-state index in [9.17, 15) is 14.4 Å². The summed E-state index contributed by atoms with van der Waals surface area (Å²) in [6.45, 7) is 0.213. The van der Waals surface area contributed by atoms with Crippen LogP contribution in [-0.2, 0) is 6.54 Å². The maximum atomic E-state index is 12.8. The number of fused-ring (bicyclic) bond motifs is 1. The average molecular weight is 439 g/mol. The first-order valence-electron chi connectivity index (χ1n) is 8.93. The summed E-state index contributed by atoms with van der Waals surface area (Å²) in [6, 6.07) is 19.2. The molecule has 0 unspecified atom stereocenters. The first-order chi connectivity index (χ1) is 14.5. The van der Waals surface area contributed by atoms with Crippen molar-refractivity contribution in [1.82, 2.24) is 20.6 Å². The summed E-state index contributed by atoms with van der Waals surface area (Å²) in [5, 5.41) is 5.04. The number of nitrogens with one attached hydrogen (secondary N) is 2. The number of aromatic nitrogens is 2. The second-order valence-corrected chi connectivity index (χ2v) is 8.07. The predicted molar refractivity (Wildman–Crippen MR) is 116 cm³/mol. The average Bonchev–Trinajstić information content (AvgIpc) is 3.21. The van der Waals surface area contributed by atoms with Gasteiger partial charge in [-0.15, -0.1) is 11.3 Å². The molecule has 0 bridgehead atoms. The minimum Gasteiger partial charge on any atom is -0.267 e. The summed E-state index contributed by atoms with van der Waals surface area (Å²) in [7, 11) is 0. The van der Waals surface area contributed by atoms with E-state index >= 15 is 0 Å². The Kier molecular flexibility index (Phi) is 5.60. The zero-order chi connectivity index (χ0) is 21.1. The van der Waals surface area contributed by atoms with Crippen LogP contribution in [0.3, 0.4) is 0 Å². The third-order valence-electron chi connectivity index (χ3n) is 4.34. The number of hydrazine groups is 1. The van der Waals surface area contributed by atoms with Crippen molar-refractivity contribution < 1.29 is 9.59 Å². The number of rotatable bonds is 4. The molecule has 4 aromatic rings. The smallest absolute Gasteiger partial charge is 0.267 e. The van der Waals surface area contributed by atoms with E-state index in [0.717, 1.165) is 16.9 Å². The summed E-state index contributed by atoms with van der Waals surface area (Å²) in [5.74, 6) is -1.13. The van der Waals surface area contributed by atoms with Crippen molar-refractivity contribution in [2.45, 2.75) is 6.54 Å². The van der Waals surface area contributed by atoms with E-state index < -0.39 is 11.8 Å². The highest BCUT2D eigenvalue weighted by molar-refractivity contribution is 7.18. The fourth-order valence-electron chi connectivity index (χ4n) is 2.94. The molecule has 7 nitrogen and oxygen atoms in total. The quantitative estimate of drug-likeness (QED) is 0.478. The molecule has 0 aliphatic carbocycles. The Morgan fingerprint density at radius 1 is 0.900 bits per heavy atom. The Balaban J connectivity index is 1.65. The van der Waals surface area contributed by atoms with E-state index in [1.54, 1.807) is 36.4 Å². The van der Waals surface area contributed by atoms with Gasteiger partial charge in [0.25, 0.3) is 17.4 Å². The Morgan fingerprint density at radius 3 is 2.27 bits per heavy atom. The molecule has 0 saturated heterocycles. The highest BCUT2D eigenvalue weighted by Crippen LogP contribution is 2.21. The van der Waals surface area contributed by atoms with Gasteiger partial charge in [-0.1, -0.05) is 60.1 Å². The summed E-state index contributed by atoms with van der Waals surface area (Å²) >= 11 is 6.93. The van der Waals surface area contributed by atoms with E-state index in [-0.39, 0.29) is 17.8 Å². The van der Waals surface area contributed by atoms with Crippen molar-refractivity contribution >= 4 is 45.5 Å². The van der Waals surface area contributed by atoms with Crippen LogP contribution in [-0.4, -0.2) is 21.6 Å². The van der Waals surface area contributed by atoms with E-state index in [0.29, 0.717) is 20.0 Å². The monoisotopic (exact) mass is 438 g/mol. The highest BCUT2D eigenvalue weighted by Gasteiger charge is 2.18. The first kappa shape index (κ1) is 19.8. The second kappa shape index (κ2) is 8.48. The van der Waals surface area contributed by atoms with Gasteiger partial charge in [-0.3, -0.25) is 25.2 Å². The third-order valence-corrected chi connectivity index (χ3v) is 5.57. The van der Waals surface area contributed by atoms with Crippen molar-refractivity contribution in [3.63, 3.8) is 0 Å². The molecule has 2 amide bonds. The molecule has 9 heteroatoms. The van der Waals surface area contributed by atoms with Crippen LogP contribution in [0.4, 0.5) is 0 Å². The summed E-state index contributed by atoms with van der Waals surface area (Å²) in [4.78, 5) is 38.2. The summed E-state index contributed by atoms with van der Waals surface area (Å²) in [6.07, 6.45) is 0. The zero-order valence-corrected chi connectivity index (χ0v) is 17.0. The number of hydrogen-bond donors (Lipinski definition) is 2. The molecule has 2 heterocycles. The van der Waals surface area contributed by atoms with Crippen LogP contribution in [0.5, 0.6) is 0 Å². The zero-order valence-electron chi connectivity index (χ0n) is 15.5. The third kappa shape index (κ3) is 4.10. The molecule has 0 spiro atoms. The van der Waals surface area contributed by atoms with Crippen LogP contribution in [0.25, 0.3) is 10.8 Å². The molecule has 2 N–H and O–H groups in total. The molecule has 0 saturated carbocycles. The van der Waals surface area contributed by atoms with Crippen molar-refractivity contribution in [3.05, 3.63) is 97.6 Å². The van der Waals surface area contributed by atoms with Gasteiger partial charge in [0.15, 0.2) is 5.69 Å². The van der Waals surface area contributed by atoms with Crippen LogP contribution >= 0.6 is 22.9 Å². The van der Waals surface area contributed by atoms with E-state index in [1.807, 2.05) is 30.3 Å². The normalized spacial score (nSPS) is 10.7. The number of thiophene rings is 1. The molecule has 0 aliphatic rings. The maximum absolute atomic E-state index is 12.8. The van der Waals surface area contributed by atoms with Crippen LogP contribution in [0.15, 0.2) is 71.5 Å². The molecule has 2 aromatic heterocycles. The molecule has 0 aliphatic heterocycles. The molecular weight excluding hydrogens is 424 g/mol. The van der Waals surface area contributed by atoms with Gasteiger partial charge < -0.3 is 0 Å². The van der Waals surface area contributed by atoms with Gasteiger partial charge >= 0.3 is 0 Å². The fraction of sp³-hybridized carbons (Fsp3) is 0.0476. The SMILES string of the molecule is O=C(NNC(=O)c1nn(Cc2ccccc2)c(=O)c2ccccc12)c1ccc(Cl)s1. The van der Waals surface area contributed by atoms with Gasteiger partial charge in [0.05, 0.1) is 21.1 Å². The Bertz CT molecular complexity index is 1300. The van der Waals surface area contributed by atoms with E-state index in [1.165, 1.54) is 4.68 Å². The summed E-state index contributed by atoms with van der Waals surface area (Å²) < 4.78 is 1.71. The van der Waals surface area contributed by atoms with Crippen molar-refractivity contribution in [2.75, 3.05) is 0 Å². The topological polar surface area (TPSA) is 93.1 Å². The van der Waals surface area contributed by atoms with Crippen LogP contribution in [0.1, 0.15) is 25.7 Å². The van der Waals surface area contributed by atoms with Crippen LogP contribution in [0.2, 0.25) is 4.34 Å². The van der Waals surface area contributed by atoms with Gasteiger partial charge in [-0.2, -0.15) is 5.10 Å². The number of carbonyl (C=O) groups is 2. The number of amides is 2. The minimum atomic E-state index is -0.635. The molecule has 30 heavy (non-hydrogen) atoms. The van der Waals surface area contributed by atoms with Crippen molar-refractivity contribution in [3.8, 4) is 0 Å². The van der Waals surface area contributed by atoms with E-state index in [2.05, 4.69) is 16.0 Å². The van der Waals surface area contributed by atoms with E-state index in [4.69, 9.17) is 11.6 Å². The lowest BCUT2D eigenvalue weighted by molar-refractivity contribution is 0.0846. The second-order valence-electron chi connectivity index (χ2n) is 6.35. The van der Waals surface area contributed by atoms with Crippen LogP contribution in [0, 0.1) is 0 Å². The molecular formula is C21H15ClN4O3S. The van der Waals surface area contributed by atoms with Crippen molar-refractivity contribution in [1.29, 1.82) is 0 Å². The predicted octanol–water partition coefficient (Wildman–Crippen LogP) is 3.23. The molecule has 4 rings (SSSR count). The van der Waals surface area contributed by atoms with Crippen LogP contribution < -0.4 is 16.4 Å². The lowest BCUT2D eigenvalue weighted by Crippen LogP contribution is -2.42. The Hall–Kier alpha value is -3.49. The lowest BCUT2D eigenvalue weighted by atomic mass is 10.1. The molecule has 0 fully saturated rings. The number of halogens is 1. The standard InChI is InChI=1S/C21H15ClN4O3S/c22-17-11-10-16(30-17)19(27)23-24-20(28)18-14-8-4-5-9-15(14)21(29)26(25-18)12-13-6-2-1-3-7-13/h1-11H,12H2,(H,23,27)(H,24,28). The maximum Gasteiger partial charge on any atom is 0.290 e. The van der Waals surface area contributed by atoms with Gasteiger partial charge in [0, 0.05) is 5.39 Å². The fourth-order valence-corrected chi connectivity index (χ4v) is 3.88. The van der Waals surface area contributed by atoms with Gasteiger partial charge in [-0.05, 0) is 23.8 Å². The lowest BCUT2D eigenvalue weighted by Gasteiger charge is -2.12. The van der Waals surface area contributed by atoms with Gasteiger partial charge in [-0.25, -0.2) is 4.68 Å². The number of carbonyl (C=O) groups excluding carboxylic acids is 2. The largest absolute Gasteiger partial charge is 0.290 e.